The van der Waals surface area contributed by atoms with Crippen LogP contribution < -0.4 is 5.32 Å². The van der Waals surface area contributed by atoms with Crippen molar-refractivity contribution in [3.8, 4) is 0 Å². The third-order valence-corrected chi connectivity index (χ3v) is 5.06. The first-order valence-electron chi connectivity index (χ1n) is 6.08. The van der Waals surface area contributed by atoms with Gasteiger partial charge in [0.1, 0.15) is 0 Å². The van der Waals surface area contributed by atoms with Crippen molar-refractivity contribution in [2.75, 3.05) is 0 Å². The zero-order valence-electron chi connectivity index (χ0n) is 11.1. The van der Waals surface area contributed by atoms with Crippen molar-refractivity contribution in [2.45, 2.75) is 33.4 Å². The lowest BCUT2D eigenvalue weighted by Crippen LogP contribution is -2.18. The van der Waals surface area contributed by atoms with Crippen LogP contribution in [-0.2, 0) is 6.54 Å². The summed E-state index contributed by atoms with van der Waals surface area (Å²) in [6, 6.07) is 6.19. The van der Waals surface area contributed by atoms with E-state index in [0.717, 1.165) is 32.3 Å². The van der Waals surface area contributed by atoms with Gasteiger partial charge in [-0.1, -0.05) is 27.5 Å². The fraction of sp³-hybridized carbons (Fsp3) is 0.357. The van der Waals surface area contributed by atoms with Gasteiger partial charge in [-0.25, -0.2) is 4.98 Å². The predicted octanol–water partition coefficient (Wildman–Crippen LogP) is 5.03. The topological polar surface area (TPSA) is 24.9 Å². The fourth-order valence-corrected chi connectivity index (χ4v) is 3.53. The van der Waals surface area contributed by atoms with Gasteiger partial charge < -0.3 is 5.32 Å². The van der Waals surface area contributed by atoms with E-state index < -0.39 is 0 Å². The minimum atomic E-state index is 0.279. The molecular formula is C14H16BrClN2S. The van der Waals surface area contributed by atoms with Crippen LogP contribution in [0.15, 0.2) is 22.7 Å². The summed E-state index contributed by atoms with van der Waals surface area (Å²) in [5, 5.41) is 5.41. The van der Waals surface area contributed by atoms with Crippen LogP contribution >= 0.6 is 38.9 Å². The molecule has 1 aromatic carbocycles. The van der Waals surface area contributed by atoms with Crippen molar-refractivity contribution in [3.05, 3.63) is 48.8 Å². The maximum Gasteiger partial charge on any atom is 0.0900 e. The zero-order valence-corrected chi connectivity index (χ0v) is 14.3. The second-order valence-corrected chi connectivity index (χ2v) is 7.08. The molecule has 0 aliphatic rings. The van der Waals surface area contributed by atoms with E-state index in [4.69, 9.17) is 11.6 Å². The Morgan fingerprint density at radius 1 is 1.42 bits per heavy atom. The van der Waals surface area contributed by atoms with Gasteiger partial charge in [0.05, 0.1) is 10.7 Å². The number of thiazole rings is 1. The number of rotatable bonds is 4. The zero-order chi connectivity index (χ0) is 14.0. The molecule has 2 rings (SSSR count). The van der Waals surface area contributed by atoms with Crippen LogP contribution in [0.3, 0.4) is 0 Å². The molecule has 0 fully saturated rings. The van der Waals surface area contributed by atoms with Gasteiger partial charge in [-0.3, -0.25) is 0 Å². The minimum Gasteiger partial charge on any atom is -0.305 e. The summed E-state index contributed by atoms with van der Waals surface area (Å²) >= 11 is 11.4. The lowest BCUT2D eigenvalue weighted by atomic mass is 10.2. The van der Waals surface area contributed by atoms with Crippen LogP contribution in [0.4, 0.5) is 0 Å². The van der Waals surface area contributed by atoms with Gasteiger partial charge in [0, 0.05) is 27.0 Å². The molecule has 0 saturated carbocycles. The van der Waals surface area contributed by atoms with Gasteiger partial charge in [0.15, 0.2) is 0 Å². The van der Waals surface area contributed by atoms with Crippen LogP contribution in [0.25, 0.3) is 0 Å². The van der Waals surface area contributed by atoms with Gasteiger partial charge in [0.2, 0.25) is 0 Å². The van der Waals surface area contributed by atoms with E-state index in [9.17, 15) is 0 Å². The molecule has 102 valence electrons. The second kappa shape index (κ2) is 6.35. The molecule has 0 bridgehead atoms. The van der Waals surface area contributed by atoms with E-state index in [1.807, 2.05) is 25.1 Å². The Morgan fingerprint density at radius 3 is 2.79 bits per heavy atom. The highest BCUT2D eigenvalue weighted by molar-refractivity contribution is 9.10. The molecule has 1 heterocycles. The highest BCUT2D eigenvalue weighted by Gasteiger charge is 2.13. The number of nitrogens with zero attached hydrogens (tertiary/aromatic N) is 1. The Labute approximate surface area is 131 Å². The Balaban J connectivity index is 2.06. The molecule has 5 heteroatoms. The summed E-state index contributed by atoms with van der Waals surface area (Å²) in [5.74, 6) is 0. The van der Waals surface area contributed by atoms with E-state index in [1.54, 1.807) is 11.3 Å². The van der Waals surface area contributed by atoms with Gasteiger partial charge >= 0.3 is 0 Å². The first-order valence-corrected chi connectivity index (χ1v) is 8.07. The molecule has 19 heavy (non-hydrogen) atoms. The molecule has 0 aliphatic carbocycles. The first kappa shape index (κ1) is 15.0. The van der Waals surface area contributed by atoms with Gasteiger partial charge in [0.25, 0.3) is 0 Å². The summed E-state index contributed by atoms with van der Waals surface area (Å²) in [7, 11) is 0. The monoisotopic (exact) mass is 358 g/mol. The van der Waals surface area contributed by atoms with E-state index in [2.05, 4.69) is 40.1 Å². The van der Waals surface area contributed by atoms with E-state index in [1.165, 1.54) is 4.88 Å². The molecule has 1 N–H and O–H groups in total. The molecular weight excluding hydrogens is 344 g/mol. The van der Waals surface area contributed by atoms with Gasteiger partial charge in [-0.2, -0.15) is 0 Å². The number of hydrogen-bond acceptors (Lipinski definition) is 3. The third kappa shape index (κ3) is 3.78. The molecule has 1 aromatic heterocycles. The van der Waals surface area contributed by atoms with Gasteiger partial charge in [-0.05, 0) is 44.5 Å². The SMILES string of the molecule is Cc1nc(C)c(C(C)NCc2cc(Br)ccc2Cl)s1. The Morgan fingerprint density at radius 2 is 2.16 bits per heavy atom. The quantitative estimate of drug-likeness (QED) is 0.828. The lowest BCUT2D eigenvalue weighted by molar-refractivity contribution is 0.579. The van der Waals surface area contributed by atoms with E-state index in [0.29, 0.717) is 0 Å². The maximum absolute atomic E-state index is 6.19. The summed E-state index contributed by atoms with van der Waals surface area (Å²) in [5.41, 5.74) is 2.21. The van der Waals surface area contributed by atoms with E-state index in [-0.39, 0.29) is 6.04 Å². The number of aryl methyl sites for hydroxylation is 2. The maximum atomic E-state index is 6.19. The van der Waals surface area contributed by atoms with Crippen LogP contribution in [-0.4, -0.2) is 4.98 Å². The molecule has 0 amide bonds. The van der Waals surface area contributed by atoms with Gasteiger partial charge in [-0.15, -0.1) is 11.3 Å². The van der Waals surface area contributed by atoms with Crippen molar-refractivity contribution >= 4 is 38.9 Å². The van der Waals surface area contributed by atoms with Crippen molar-refractivity contribution in [1.29, 1.82) is 0 Å². The summed E-state index contributed by atoms with van der Waals surface area (Å²) < 4.78 is 1.05. The largest absolute Gasteiger partial charge is 0.305 e. The van der Waals surface area contributed by atoms with Crippen molar-refractivity contribution in [3.63, 3.8) is 0 Å². The molecule has 0 saturated heterocycles. The second-order valence-electron chi connectivity index (χ2n) is 4.52. The Hall–Kier alpha value is -0.420. The molecule has 2 nitrogen and oxygen atoms in total. The highest BCUT2D eigenvalue weighted by Crippen LogP contribution is 2.26. The summed E-state index contributed by atoms with van der Waals surface area (Å²) in [6.07, 6.45) is 0. The molecule has 1 atom stereocenters. The third-order valence-electron chi connectivity index (χ3n) is 2.94. The highest BCUT2D eigenvalue weighted by atomic mass is 79.9. The standard InChI is InChI=1S/C14H16BrClN2S/c1-8(14-9(2)18-10(3)19-14)17-7-11-6-12(15)4-5-13(11)16/h4-6,8,17H,7H2,1-3H3. The summed E-state index contributed by atoms with van der Waals surface area (Å²) in [6.45, 7) is 7.00. The number of benzene rings is 1. The van der Waals surface area contributed by atoms with Crippen LogP contribution in [0.2, 0.25) is 5.02 Å². The molecule has 0 spiro atoms. The molecule has 2 aromatic rings. The summed E-state index contributed by atoms with van der Waals surface area (Å²) in [4.78, 5) is 5.76. The smallest absolute Gasteiger partial charge is 0.0900 e. The molecule has 0 aliphatic heterocycles. The normalized spacial score (nSPS) is 12.7. The van der Waals surface area contributed by atoms with Crippen LogP contribution in [0, 0.1) is 13.8 Å². The fourth-order valence-electron chi connectivity index (χ4n) is 1.98. The molecule has 1 unspecified atom stereocenters. The number of halogens is 2. The lowest BCUT2D eigenvalue weighted by Gasteiger charge is -2.14. The average molecular weight is 360 g/mol. The van der Waals surface area contributed by atoms with Crippen molar-refractivity contribution in [2.24, 2.45) is 0 Å². The van der Waals surface area contributed by atoms with Crippen molar-refractivity contribution < 1.29 is 0 Å². The Kier molecular flexibility index (Phi) is 5.01. The van der Waals surface area contributed by atoms with Crippen LogP contribution in [0.5, 0.6) is 0 Å². The number of hydrogen-bond donors (Lipinski definition) is 1. The van der Waals surface area contributed by atoms with Crippen molar-refractivity contribution in [1.82, 2.24) is 10.3 Å². The molecule has 0 radical (unpaired) electrons. The first-order chi connectivity index (χ1) is 8.97. The number of nitrogens with one attached hydrogen (secondary N) is 1. The van der Waals surface area contributed by atoms with E-state index >= 15 is 0 Å². The average Bonchev–Trinajstić information content (AvgIpc) is 2.69. The number of aromatic nitrogens is 1. The predicted molar refractivity (Wildman–Crippen MR) is 86.0 cm³/mol. The Bertz CT molecular complexity index is 583. The minimum absolute atomic E-state index is 0.279. The van der Waals surface area contributed by atoms with Crippen LogP contribution in [0.1, 0.15) is 34.1 Å².